The molecule has 2 rings (SSSR count). The predicted octanol–water partition coefficient (Wildman–Crippen LogP) is 3.77. The van der Waals surface area contributed by atoms with Gasteiger partial charge >= 0.3 is 0 Å². The van der Waals surface area contributed by atoms with E-state index in [4.69, 9.17) is 0 Å². The maximum atomic E-state index is 4.42. The van der Waals surface area contributed by atoms with Gasteiger partial charge in [0.15, 0.2) is 0 Å². The standard InChI is InChI=1S/C17H31N3S/c1-4-9-18-12-17(7-5-15(2)6-8-17)13-20(3)10-16-11-21-14-19-16/h11,14-15,18H,4-10,12-13H2,1-3H3. The van der Waals surface area contributed by atoms with E-state index in [0.717, 1.165) is 19.0 Å². The number of nitrogens with one attached hydrogen (secondary N) is 1. The smallest absolute Gasteiger partial charge is 0.0795 e. The van der Waals surface area contributed by atoms with Crippen LogP contribution in [0.4, 0.5) is 0 Å². The normalized spacial score (nSPS) is 26.4. The van der Waals surface area contributed by atoms with Crippen molar-refractivity contribution in [2.75, 3.05) is 26.7 Å². The maximum Gasteiger partial charge on any atom is 0.0795 e. The fraction of sp³-hybridized carbons (Fsp3) is 0.824. The summed E-state index contributed by atoms with van der Waals surface area (Å²) >= 11 is 1.69. The Morgan fingerprint density at radius 3 is 2.81 bits per heavy atom. The van der Waals surface area contributed by atoms with Gasteiger partial charge in [-0.25, -0.2) is 4.98 Å². The fourth-order valence-corrected chi connectivity index (χ4v) is 4.07. The number of hydrogen-bond donors (Lipinski definition) is 1. The molecule has 0 saturated heterocycles. The van der Waals surface area contributed by atoms with E-state index in [9.17, 15) is 0 Å². The van der Waals surface area contributed by atoms with Gasteiger partial charge in [-0.3, -0.25) is 4.90 Å². The van der Waals surface area contributed by atoms with E-state index in [1.807, 2.05) is 5.51 Å². The first-order valence-corrected chi connectivity index (χ1v) is 9.34. The number of nitrogens with zero attached hydrogens (tertiary/aromatic N) is 2. The van der Waals surface area contributed by atoms with Crippen LogP contribution in [0.3, 0.4) is 0 Å². The van der Waals surface area contributed by atoms with Crippen LogP contribution in [0.2, 0.25) is 0 Å². The van der Waals surface area contributed by atoms with Gasteiger partial charge in [0, 0.05) is 25.0 Å². The summed E-state index contributed by atoms with van der Waals surface area (Å²) in [4.78, 5) is 6.89. The van der Waals surface area contributed by atoms with Gasteiger partial charge in [0.25, 0.3) is 0 Å². The van der Waals surface area contributed by atoms with E-state index in [0.29, 0.717) is 5.41 Å². The van der Waals surface area contributed by atoms with E-state index < -0.39 is 0 Å². The fourth-order valence-electron chi connectivity index (χ4n) is 3.52. The summed E-state index contributed by atoms with van der Waals surface area (Å²) in [6, 6.07) is 0. The zero-order valence-corrected chi connectivity index (χ0v) is 14.7. The third-order valence-electron chi connectivity index (χ3n) is 4.78. The molecule has 1 aromatic heterocycles. The van der Waals surface area contributed by atoms with E-state index in [2.05, 4.69) is 41.5 Å². The van der Waals surface area contributed by atoms with Gasteiger partial charge < -0.3 is 5.32 Å². The van der Waals surface area contributed by atoms with Crippen molar-refractivity contribution in [2.24, 2.45) is 11.3 Å². The minimum absolute atomic E-state index is 0.465. The van der Waals surface area contributed by atoms with Crippen LogP contribution < -0.4 is 5.32 Å². The zero-order valence-electron chi connectivity index (χ0n) is 13.9. The van der Waals surface area contributed by atoms with Crippen LogP contribution in [0.1, 0.15) is 51.6 Å². The number of thiazole rings is 1. The molecule has 1 aliphatic rings. The highest BCUT2D eigenvalue weighted by molar-refractivity contribution is 7.07. The van der Waals surface area contributed by atoms with E-state index in [-0.39, 0.29) is 0 Å². The Kier molecular flexibility index (Phi) is 6.65. The lowest BCUT2D eigenvalue weighted by Gasteiger charge is -2.42. The van der Waals surface area contributed by atoms with Crippen molar-refractivity contribution in [1.29, 1.82) is 0 Å². The van der Waals surface area contributed by atoms with Crippen LogP contribution in [-0.2, 0) is 6.54 Å². The molecule has 1 saturated carbocycles. The summed E-state index contributed by atoms with van der Waals surface area (Å²) in [5.74, 6) is 0.910. The van der Waals surface area contributed by atoms with Gasteiger partial charge in [-0.05, 0) is 44.2 Å². The first-order chi connectivity index (χ1) is 10.1. The molecule has 0 aliphatic heterocycles. The van der Waals surface area contributed by atoms with Gasteiger partial charge in [-0.15, -0.1) is 11.3 Å². The minimum Gasteiger partial charge on any atom is -0.316 e. The Bertz CT molecular complexity index is 383. The number of rotatable bonds is 8. The van der Waals surface area contributed by atoms with Crippen LogP contribution >= 0.6 is 11.3 Å². The van der Waals surface area contributed by atoms with Crippen molar-refractivity contribution >= 4 is 11.3 Å². The molecule has 1 N–H and O–H groups in total. The number of hydrogen-bond acceptors (Lipinski definition) is 4. The average molecular weight is 310 g/mol. The monoisotopic (exact) mass is 309 g/mol. The summed E-state index contributed by atoms with van der Waals surface area (Å²) in [6.45, 7) is 9.14. The SMILES string of the molecule is CCCNCC1(CN(C)Cc2cscn2)CCC(C)CC1. The van der Waals surface area contributed by atoms with Crippen LogP contribution in [-0.4, -0.2) is 36.6 Å². The molecule has 0 bridgehead atoms. The molecular weight excluding hydrogens is 278 g/mol. The van der Waals surface area contributed by atoms with Crippen LogP contribution in [0.15, 0.2) is 10.9 Å². The molecule has 120 valence electrons. The third kappa shape index (κ3) is 5.35. The second-order valence-corrected chi connectivity index (χ2v) is 7.73. The molecule has 1 aromatic rings. The van der Waals surface area contributed by atoms with Crippen LogP contribution in [0, 0.1) is 11.3 Å². The Hall–Kier alpha value is -0.450. The van der Waals surface area contributed by atoms with Crippen molar-refractivity contribution in [2.45, 2.75) is 52.5 Å². The lowest BCUT2D eigenvalue weighted by atomic mass is 9.70. The topological polar surface area (TPSA) is 28.2 Å². The van der Waals surface area contributed by atoms with Gasteiger partial charge in [-0.2, -0.15) is 0 Å². The molecule has 0 atom stereocenters. The summed E-state index contributed by atoms with van der Waals surface area (Å²) in [5, 5.41) is 5.85. The molecule has 21 heavy (non-hydrogen) atoms. The van der Waals surface area contributed by atoms with Crippen molar-refractivity contribution < 1.29 is 0 Å². The van der Waals surface area contributed by atoms with Crippen LogP contribution in [0.25, 0.3) is 0 Å². The Morgan fingerprint density at radius 1 is 1.43 bits per heavy atom. The maximum absolute atomic E-state index is 4.42. The van der Waals surface area contributed by atoms with Crippen molar-refractivity contribution in [3.05, 3.63) is 16.6 Å². The molecule has 4 heteroatoms. The minimum atomic E-state index is 0.465. The van der Waals surface area contributed by atoms with Gasteiger partial charge in [-0.1, -0.05) is 26.7 Å². The molecule has 0 spiro atoms. The molecule has 1 aliphatic carbocycles. The highest BCUT2D eigenvalue weighted by Gasteiger charge is 2.34. The van der Waals surface area contributed by atoms with E-state index >= 15 is 0 Å². The van der Waals surface area contributed by atoms with Gasteiger partial charge in [0.05, 0.1) is 11.2 Å². The second-order valence-electron chi connectivity index (χ2n) is 7.01. The molecule has 3 nitrogen and oxygen atoms in total. The molecule has 1 heterocycles. The average Bonchev–Trinajstić information content (AvgIpc) is 2.95. The Morgan fingerprint density at radius 2 is 2.19 bits per heavy atom. The summed E-state index contributed by atoms with van der Waals surface area (Å²) < 4.78 is 0. The highest BCUT2D eigenvalue weighted by atomic mass is 32.1. The first-order valence-electron chi connectivity index (χ1n) is 8.40. The molecule has 0 unspecified atom stereocenters. The molecule has 0 aromatic carbocycles. The third-order valence-corrected chi connectivity index (χ3v) is 5.42. The van der Waals surface area contributed by atoms with E-state index in [1.165, 1.54) is 50.9 Å². The quantitative estimate of drug-likeness (QED) is 0.741. The Balaban J connectivity index is 1.91. The lowest BCUT2D eigenvalue weighted by Crippen LogP contribution is -2.45. The van der Waals surface area contributed by atoms with Crippen LogP contribution in [0.5, 0.6) is 0 Å². The van der Waals surface area contributed by atoms with Crippen molar-refractivity contribution in [1.82, 2.24) is 15.2 Å². The second kappa shape index (κ2) is 8.25. The van der Waals surface area contributed by atoms with Gasteiger partial charge in [0.1, 0.15) is 0 Å². The van der Waals surface area contributed by atoms with E-state index in [1.54, 1.807) is 11.3 Å². The predicted molar refractivity (Wildman–Crippen MR) is 91.7 cm³/mol. The summed E-state index contributed by atoms with van der Waals surface area (Å²) in [5.41, 5.74) is 3.61. The molecule has 0 radical (unpaired) electrons. The summed E-state index contributed by atoms with van der Waals surface area (Å²) in [6.07, 6.45) is 6.73. The summed E-state index contributed by atoms with van der Waals surface area (Å²) in [7, 11) is 2.25. The highest BCUT2D eigenvalue weighted by Crippen LogP contribution is 2.39. The van der Waals surface area contributed by atoms with Crippen molar-refractivity contribution in [3.63, 3.8) is 0 Å². The molecule has 1 fully saturated rings. The zero-order chi connectivity index (χ0) is 15.1. The Labute approximate surface area is 134 Å². The largest absolute Gasteiger partial charge is 0.316 e. The number of aromatic nitrogens is 1. The first kappa shape index (κ1) is 16.9. The van der Waals surface area contributed by atoms with Gasteiger partial charge in [0.2, 0.25) is 0 Å². The molecule has 0 amide bonds. The van der Waals surface area contributed by atoms with Crippen molar-refractivity contribution in [3.8, 4) is 0 Å². The lowest BCUT2D eigenvalue weighted by molar-refractivity contribution is 0.0955. The molecular formula is C17H31N3S.